The molecule has 7 heteroatoms. The van der Waals surface area contributed by atoms with Crippen molar-refractivity contribution in [2.24, 2.45) is 0 Å². The van der Waals surface area contributed by atoms with Gasteiger partial charge < -0.3 is 19.3 Å². The minimum absolute atomic E-state index is 0.00462. The first-order valence-corrected chi connectivity index (χ1v) is 10.4. The van der Waals surface area contributed by atoms with Crippen molar-refractivity contribution in [1.29, 1.82) is 0 Å². The molecule has 150 valence electrons. The number of rotatable bonds is 9. The molecule has 2 aromatic carbocycles. The van der Waals surface area contributed by atoms with Crippen molar-refractivity contribution in [1.82, 2.24) is 5.32 Å². The highest BCUT2D eigenvalue weighted by Crippen LogP contribution is 2.34. The van der Waals surface area contributed by atoms with E-state index >= 15 is 0 Å². The molecule has 2 atom stereocenters. The molecule has 0 aliphatic carbocycles. The van der Waals surface area contributed by atoms with Crippen molar-refractivity contribution in [2.45, 2.75) is 31.9 Å². The highest BCUT2D eigenvalue weighted by atomic mass is 32.2. The molecule has 2 N–H and O–H groups in total. The van der Waals surface area contributed by atoms with Crippen LogP contribution < -0.4 is 19.5 Å². The van der Waals surface area contributed by atoms with Crippen LogP contribution in [0.25, 0.3) is 0 Å². The number of hydrogen-bond acceptors (Lipinski definition) is 6. The first kappa shape index (κ1) is 20.4. The quantitative estimate of drug-likeness (QED) is 0.658. The molecule has 1 aliphatic rings. The molecule has 0 saturated carbocycles. The van der Waals surface area contributed by atoms with Crippen LogP contribution in [0.1, 0.15) is 30.3 Å². The van der Waals surface area contributed by atoms with E-state index in [9.17, 15) is 4.79 Å². The van der Waals surface area contributed by atoms with Gasteiger partial charge in [0.25, 0.3) is 0 Å². The summed E-state index contributed by atoms with van der Waals surface area (Å²) in [6.45, 7) is 5.46. The van der Waals surface area contributed by atoms with Gasteiger partial charge in [-0.3, -0.25) is 10.1 Å². The predicted molar refractivity (Wildman–Crippen MR) is 109 cm³/mol. The van der Waals surface area contributed by atoms with Gasteiger partial charge in [-0.2, -0.15) is 0 Å². The number of carboxylic acid groups (broad SMARTS) is 1. The van der Waals surface area contributed by atoms with Crippen LogP contribution in [-0.4, -0.2) is 36.1 Å². The van der Waals surface area contributed by atoms with Crippen LogP contribution in [0.4, 0.5) is 0 Å². The first-order valence-electron chi connectivity index (χ1n) is 9.32. The maximum Gasteiger partial charge on any atom is 0.321 e. The summed E-state index contributed by atoms with van der Waals surface area (Å²) in [5.74, 6) is 1.97. The molecule has 0 spiro atoms. The summed E-state index contributed by atoms with van der Waals surface area (Å²) in [7, 11) is 0. The van der Waals surface area contributed by atoms with Gasteiger partial charge in [-0.1, -0.05) is 18.2 Å². The Morgan fingerprint density at radius 2 is 1.79 bits per heavy atom. The number of carboxylic acids is 1. The van der Waals surface area contributed by atoms with Gasteiger partial charge in [0.2, 0.25) is 0 Å². The summed E-state index contributed by atoms with van der Waals surface area (Å²) >= 11 is 1.60. The number of nitrogens with one attached hydrogen (secondary N) is 1. The molecular weight excluding hydrogens is 378 g/mol. The molecule has 1 saturated heterocycles. The van der Waals surface area contributed by atoms with Gasteiger partial charge in [0.05, 0.1) is 18.6 Å². The van der Waals surface area contributed by atoms with Crippen molar-refractivity contribution in [3.8, 4) is 17.2 Å². The van der Waals surface area contributed by atoms with E-state index in [1.807, 2.05) is 56.3 Å². The summed E-state index contributed by atoms with van der Waals surface area (Å²) in [5.41, 5.74) is 2.04. The Hall–Kier alpha value is -2.38. The molecular formula is C21H25NO5S. The molecule has 0 radical (unpaired) electrons. The third kappa shape index (κ3) is 5.11. The van der Waals surface area contributed by atoms with Crippen molar-refractivity contribution in [3.63, 3.8) is 0 Å². The zero-order valence-corrected chi connectivity index (χ0v) is 16.8. The van der Waals surface area contributed by atoms with E-state index in [0.717, 1.165) is 28.4 Å². The molecule has 0 aromatic heterocycles. The Morgan fingerprint density at radius 3 is 2.43 bits per heavy atom. The van der Waals surface area contributed by atoms with Gasteiger partial charge >= 0.3 is 5.97 Å². The molecule has 6 nitrogen and oxygen atoms in total. The minimum Gasteiger partial charge on any atom is -0.490 e. The van der Waals surface area contributed by atoms with E-state index in [1.165, 1.54) is 0 Å². The van der Waals surface area contributed by atoms with Crippen LogP contribution >= 0.6 is 11.8 Å². The standard InChI is InChI=1S/C21H25NO5S/c1-3-25-18-10-5-14(11-19(18)26-4-2)12-27-16-8-6-15(7-9-16)20-22-17(13-28-20)21(23)24/h5-11,17,20,22H,3-4,12-13H2,1-2H3,(H,23,24)/t17-,20-/m1/s1. The molecule has 1 heterocycles. The maximum atomic E-state index is 11.1. The summed E-state index contributed by atoms with van der Waals surface area (Å²) < 4.78 is 17.1. The monoisotopic (exact) mass is 403 g/mol. The Labute approximate surface area is 169 Å². The average Bonchev–Trinajstić information content (AvgIpc) is 3.19. The number of ether oxygens (including phenoxy) is 3. The first-order chi connectivity index (χ1) is 13.6. The van der Waals surface area contributed by atoms with Gasteiger partial charge in [0.15, 0.2) is 11.5 Å². The number of carbonyl (C=O) groups is 1. The van der Waals surface area contributed by atoms with Crippen LogP contribution in [0.3, 0.4) is 0 Å². The van der Waals surface area contributed by atoms with Crippen LogP contribution in [0, 0.1) is 0 Å². The average molecular weight is 404 g/mol. The lowest BCUT2D eigenvalue weighted by molar-refractivity contribution is -0.138. The number of thioether (sulfide) groups is 1. The molecule has 1 fully saturated rings. The normalized spacial score (nSPS) is 18.6. The van der Waals surface area contributed by atoms with E-state index in [-0.39, 0.29) is 5.37 Å². The van der Waals surface area contributed by atoms with Gasteiger partial charge in [-0.15, -0.1) is 11.8 Å². The molecule has 1 aliphatic heterocycles. The Morgan fingerprint density at radius 1 is 1.07 bits per heavy atom. The topological polar surface area (TPSA) is 77.0 Å². The fourth-order valence-corrected chi connectivity index (χ4v) is 4.13. The van der Waals surface area contributed by atoms with E-state index in [0.29, 0.717) is 25.6 Å². The largest absolute Gasteiger partial charge is 0.490 e. The second-order valence-electron chi connectivity index (χ2n) is 6.28. The van der Waals surface area contributed by atoms with E-state index in [2.05, 4.69) is 5.32 Å². The fraction of sp³-hybridized carbons (Fsp3) is 0.381. The highest BCUT2D eigenvalue weighted by molar-refractivity contribution is 7.99. The molecule has 2 aromatic rings. The lowest BCUT2D eigenvalue weighted by atomic mass is 10.2. The molecule has 28 heavy (non-hydrogen) atoms. The number of aliphatic carboxylic acids is 1. The van der Waals surface area contributed by atoms with E-state index < -0.39 is 12.0 Å². The Kier molecular flexibility index (Phi) is 7.06. The lowest BCUT2D eigenvalue weighted by Gasteiger charge is -2.14. The van der Waals surface area contributed by atoms with Crippen LogP contribution in [0.2, 0.25) is 0 Å². The van der Waals surface area contributed by atoms with E-state index in [1.54, 1.807) is 11.8 Å². The summed E-state index contributed by atoms with van der Waals surface area (Å²) in [4.78, 5) is 11.1. The predicted octanol–water partition coefficient (Wildman–Crippen LogP) is 3.85. The molecule has 0 bridgehead atoms. The van der Waals surface area contributed by atoms with Crippen molar-refractivity contribution in [3.05, 3.63) is 53.6 Å². The van der Waals surface area contributed by atoms with Gasteiger partial charge in [-0.25, -0.2) is 0 Å². The van der Waals surface area contributed by atoms with Crippen LogP contribution in [-0.2, 0) is 11.4 Å². The van der Waals surface area contributed by atoms with E-state index in [4.69, 9.17) is 19.3 Å². The van der Waals surface area contributed by atoms with Crippen molar-refractivity contribution in [2.75, 3.05) is 19.0 Å². The fourth-order valence-electron chi connectivity index (χ4n) is 2.90. The number of hydrogen-bond donors (Lipinski definition) is 2. The zero-order valence-electron chi connectivity index (χ0n) is 16.0. The SMILES string of the molecule is CCOc1ccc(COc2ccc([C@@H]3N[C@@H](C(=O)O)CS3)cc2)cc1OCC. The van der Waals surface area contributed by atoms with Crippen LogP contribution in [0.5, 0.6) is 17.2 Å². The Bertz CT molecular complexity index is 796. The second kappa shape index (κ2) is 9.71. The summed E-state index contributed by atoms with van der Waals surface area (Å²) in [6, 6.07) is 13.1. The van der Waals surface area contributed by atoms with Crippen molar-refractivity contribution < 1.29 is 24.1 Å². The van der Waals surface area contributed by atoms with Gasteiger partial charge in [0.1, 0.15) is 18.4 Å². The van der Waals surface area contributed by atoms with Gasteiger partial charge in [0, 0.05) is 5.75 Å². The minimum atomic E-state index is -0.809. The third-order valence-corrected chi connectivity index (χ3v) is 5.54. The van der Waals surface area contributed by atoms with Crippen LogP contribution in [0.15, 0.2) is 42.5 Å². The molecule has 0 amide bonds. The summed E-state index contributed by atoms with van der Waals surface area (Å²) in [5, 5.41) is 12.2. The van der Waals surface area contributed by atoms with Crippen molar-refractivity contribution >= 4 is 17.7 Å². The second-order valence-corrected chi connectivity index (χ2v) is 7.41. The smallest absolute Gasteiger partial charge is 0.321 e. The Balaban J connectivity index is 1.59. The number of benzene rings is 2. The summed E-state index contributed by atoms with van der Waals surface area (Å²) in [6.07, 6.45) is 0. The third-order valence-electron chi connectivity index (χ3n) is 4.28. The molecule has 3 rings (SSSR count). The van der Waals surface area contributed by atoms with Gasteiger partial charge in [-0.05, 0) is 49.2 Å². The molecule has 0 unspecified atom stereocenters. The highest BCUT2D eigenvalue weighted by Gasteiger charge is 2.30. The maximum absolute atomic E-state index is 11.1. The lowest BCUT2D eigenvalue weighted by Crippen LogP contribution is -2.33. The zero-order chi connectivity index (χ0) is 19.9.